The summed E-state index contributed by atoms with van der Waals surface area (Å²) in [5.41, 5.74) is 0. The van der Waals surface area contributed by atoms with Crippen LogP contribution in [-0.4, -0.2) is 34.5 Å². The summed E-state index contributed by atoms with van der Waals surface area (Å²) in [5.74, 6) is -0.708. The lowest BCUT2D eigenvalue weighted by molar-refractivity contribution is -0.149. The molecule has 2 saturated carbocycles. The molecule has 0 spiro atoms. The number of carboxylic acids is 1. The monoisotopic (exact) mass is 267 g/mol. The van der Waals surface area contributed by atoms with Crippen LogP contribution in [0.25, 0.3) is 0 Å². The Kier molecular flexibility index (Phi) is 4.16. The molecular weight excluding hydrogens is 242 g/mol. The number of nitrogens with zero attached hydrogens (tertiary/aromatic N) is 1. The second kappa shape index (κ2) is 5.51. The van der Waals surface area contributed by atoms with Gasteiger partial charge in [0.15, 0.2) is 0 Å². The lowest BCUT2D eigenvalue weighted by Crippen LogP contribution is -2.42. The van der Waals surface area contributed by atoms with E-state index < -0.39 is 11.9 Å². The molecule has 1 N–H and O–H groups in total. The SMILES string of the molecule is CC(C)CN(C(=O)[C@H]1CC(C)C[C@H]1C(=O)O)C1CC1. The molecule has 1 amide bonds. The summed E-state index contributed by atoms with van der Waals surface area (Å²) in [6.45, 7) is 7.02. The van der Waals surface area contributed by atoms with Crippen molar-refractivity contribution in [2.45, 2.75) is 52.5 Å². The van der Waals surface area contributed by atoms with Crippen LogP contribution in [0.15, 0.2) is 0 Å². The molecule has 0 aromatic carbocycles. The smallest absolute Gasteiger partial charge is 0.307 e. The van der Waals surface area contributed by atoms with Crippen LogP contribution in [0, 0.1) is 23.7 Å². The van der Waals surface area contributed by atoms with Crippen molar-refractivity contribution < 1.29 is 14.7 Å². The maximum absolute atomic E-state index is 12.7. The minimum absolute atomic E-state index is 0.0907. The molecule has 0 aromatic heterocycles. The molecule has 0 radical (unpaired) electrons. The first-order valence-electron chi connectivity index (χ1n) is 7.43. The van der Waals surface area contributed by atoms with E-state index in [1.54, 1.807) is 0 Å². The summed E-state index contributed by atoms with van der Waals surface area (Å²) in [4.78, 5) is 26.0. The van der Waals surface area contributed by atoms with Crippen molar-refractivity contribution >= 4 is 11.9 Å². The Morgan fingerprint density at radius 1 is 1.21 bits per heavy atom. The zero-order valence-electron chi connectivity index (χ0n) is 12.1. The molecule has 2 aliphatic rings. The van der Waals surface area contributed by atoms with Crippen LogP contribution in [0.4, 0.5) is 0 Å². The van der Waals surface area contributed by atoms with Crippen molar-refractivity contribution in [3.05, 3.63) is 0 Å². The van der Waals surface area contributed by atoms with E-state index in [1.807, 2.05) is 11.8 Å². The molecule has 0 aromatic rings. The highest BCUT2D eigenvalue weighted by atomic mass is 16.4. The van der Waals surface area contributed by atoms with Gasteiger partial charge in [-0.25, -0.2) is 0 Å². The van der Waals surface area contributed by atoms with Crippen LogP contribution in [0.1, 0.15) is 46.5 Å². The fourth-order valence-corrected chi connectivity index (χ4v) is 3.25. The molecule has 108 valence electrons. The van der Waals surface area contributed by atoms with Crippen LogP contribution >= 0.6 is 0 Å². The largest absolute Gasteiger partial charge is 0.481 e. The molecule has 19 heavy (non-hydrogen) atoms. The van der Waals surface area contributed by atoms with Gasteiger partial charge in [-0.15, -0.1) is 0 Å². The van der Waals surface area contributed by atoms with Crippen molar-refractivity contribution in [1.29, 1.82) is 0 Å². The molecule has 2 aliphatic carbocycles. The van der Waals surface area contributed by atoms with E-state index in [9.17, 15) is 14.7 Å². The van der Waals surface area contributed by atoms with Gasteiger partial charge in [0.25, 0.3) is 0 Å². The first-order valence-corrected chi connectivity index (χ1v) is 7.43. The molecule has 0 saturated heterocycles. The van der Waals surface area contributed by atoms with Crippen LogP contribution in [0.3, 0.4) is 0 Å². The number of rotatable bonds is 5. The Labute approximate surface area is 115 Å². The standard InChI is InChI=1S/C15H25NO3/c1-9(2)8-16(11-4-5-11)14(17)12-6-10(3)7-13(12)15(18)19/h9-13H,4-8H2,1-3H3,(H,18,19)/t10?,12-,13+/m0/s1. The second-order valence-electron chi connectivity index (χ2n) is 6.74. The summed E-state index contributed by atoms with van der Waals surface area (Å²) in [6.07, 6.45) is 3.54. The minimum Gasteiger partial charge on any atom is -0.481 e. The van der Waals surface area contributed by atoms with Crippen molar-refractivity contribution in [3.8, 4) is 0 Å². The van der Waals surface area contributed by atoms with Gasteiger partial charge in [0.2, 0.25) is 5.91 Å². The van der Waals surface area contributed by atoms with E-state index >= 15 is 0 Å². The van der Waals surface area contributed by atoms with Crippen LogP contribution in [0.5, 0.6) is 0 Å². The number of aliphatic carboxylic acids is 1. The molecule has 0 bridgehead atoms. The summed E-state index contributed by atoms with van der Waals surface area (Å²) in [7, 11) is 0. The third kappa shape index (κ3) is 3.28. The highest BCUT2D eigenvalue weighted by molar-refractivity contribution is 5.85. The molecule has 2 rings (SSSR count). The highest BCUT2D eigenvalue weighted by Crippen LogP contribution is 2.39. The van der Waals surface area contributed by atoms with Gasteiger partial charge < -0.3 is 10.0 Å². The van der Waals surface area contributed by atoms with E-state index in [2.05, 4.69) is 13.8 Å². The predicted octanol–water partition coefficient (Wildman–Crippen LogP) is 2.38. The van der Waals surface area contributed by atoms with Gasteiger partial charge in [0.1, 0.15) is 0 Å². The molecule has 4 heteroatoms. The van der Waals surface area contributed by atoms with E-state index in [4.69, 9.17) is 0 Å². The van der Waals surface area contributed by atoms with E-state index in [1.165, 1.54) is 0 Å². The highest BCUT2D eigenvalue weighted by Gasteiger charge is 2.45. The van der Waals surface area contributed by atoms with E-state index in [-0.39, 0.29) is 11.8 Å². The summed E-state index contributed by atoms with van der Waals surface area (Å²) in [5, 5.41) is 9.30. The second-order valence-corrected chi connectivity index (χ2v) is 6.74. The van der Waals surface area contributed by atoms with Gasteiger partial charge in [0, 0.05) is 12.6 Å². The Morgan fingerprint density at radius 2 is 1.79 bits per heavy atom. The Morgan fingerprint density at radius 3 is 2.26 bits per heavy atom. The number of amides is 1. The fourth-order valence-electron chi connectivity index (χ4n) is 3.25. The summed E-state index contributed by atoms with van der Waals surface area (Å²) >= 11 is 0. The maximum atomic E-state index is 12.7. The van der Waals surface area contributed by atoms with Crippen molar-refractivity contribution in [2.75, 3.05) is 6.54 Å². The first-order chi connectivity index (χ1) is 8.90. The lowest BCUT2D eigenvalue weighted by Gasteiger charge is -2.28. The van der Waals surface area contributed by atoms with Gasteiger partial charge >= 0.3 is 5.97 Å². The quantitative estimate of drug-likeness (QED) is 0.832. The number of carbonyl (C=O) groups is 2. The van der Waals surface area contributed by atoms with Crippen molar-refractivity contribution in [2.24, 2.45) is 23.7 Å². The van der Waals surface area contributed by atoms with Gasteiger partial charge in [-0.3, -0.25) is 9.59 Å². The van der Waals surface area contributed by atoms with Crippen LogP contribution in [-0.2, 0) is 9.59 Å². The normalized spacial score (nSPS) is 30.6. The third-order valence-electron chi connectivity index (χ3n) is 4.27. The average molecular weight is 267 g/mol. The molecule has 2 fully saturated rings. The van der Waals surface area contributed by atoms with Gasteiger partial charge in [-0.05, 0) is 37.5 Å². The predicted molar refractivity (Wildman–Crippen MR) is 72.6 cm³/mol. The van der Waals surface area contributed by atoms with E-state index in [0.717, 1.165) is 25.8 Å². The Bertz CT molecular complexity index is 362. The minimum atomic E-state index is -0.803. The van der Waals surface area contributed by atoms with Crippen LogP contribution in [0.2, 0.25) is 0 Å². The molecule has 0 aliphatic heterocycles. The number of hydrogen-bond donors (Lipinski definition) is 1. The van der Waals surface area contributed by atoms with Crippen molar-refractivity contribution in [1.82, 2.24) is 4.90 Å². The lowest BCUT2D eigenvalue weighted by atomic mass is 9.94. The Hall–Kier alpha value is -1.06. The Balaban J connectivity index is 2.09. The molecule has 0 heterocycles. The summed E-state index contributed by atoms with van der Waals surface area (Å²) in [6, 6.07) is 0.375. The number of carbonyl (C=O) groups excluding carboxylic acids is 1. The summed E-state index contributed by atoms with van der Waals surface area (Å²) < 4.78 is 0. The molecule has 4 nitrogen and oxygen atoms in total. The average Bonchev–Trinajstić information content (AvgIpc) is 3.07. The first kappa shape index (κ1) is 14.4. The molecule has 3 atom stereocenters. The topological polar surface area (TPSA) is 57.6 Å². The maximum Gasteiger partial charge on any atom is 0.307 e. The molecule has 1 unspecified atom stereocenters. The van der Waals surface area contributed by atoms with Gasteiger partial charge in [0.05, 0.1) is 11.8 Å². The zero-order chi connectivity index (χ0) is 14.2. The van der Waals surface area contributed by atoms with Crippen LogP contribution < -0.4 is 0 Å². The fraction of sp³-hybridized carbons (Fsp3) is 0.867. The zero-order valence-corrected chi connectivity index (χ0v) is 12.1. The number of hydrogen-bond acceptors (Lipinski definition) is 2. The van der Waals surface area contributed by atoms with Gasteiger partial charge in [-0.1, -0.05) is 20.8 Å². The third-order valence-corrected chi connectivity index (χ3v) is 4.27. The van der Waals surface area contributed by atoms with E-state index in [0.29, 0.717) is 24.3 Å². The number of carboxylic acid groups (broad SMARTS) is 1. The molecular formula is C15H25NO3. The van der Waals surface area contributed by atoms with Gasteiger partial charge in [-0.2, -0.15) is 0 Å². The van der Waals surface area contributed by atoms with Crippen molar-refractivity contribution in [3.63, 3.8) is 0 Å².